The molecule has 29 heavy (non-hydrogen) atoms. The van der Waals surface area contributed by atoms with Crippen molar-refractivity contribution < 1.29 is 9.53 Å². The van der Waals surface area contributed by atoms with E-state index in [0.717, 1.165) is 62.4 Å². The van der Waals surface area contributed by atoms with Crippen molar-refractivity contribution in [2.45, 2.75) is 12.8 Å². The van der Waals surface area contributed by atoms with Gasteiger partial charge >= 0.3 is 0 Å². The summed E-state index contributed by atoms with van der Waals surface area (Å²) >= 11 is 0. The van der Waals surface area contributed by atoms with Gasteiger partial charge in [0.1, 0.15) is 5.75 Å². The Labute approximate surface area is 173 Å². The highest BCUT2D eigenvalue weighted by Crippen LogP contribution is 2.22. The third-order valence-corrected chi connectivity index (χ3v) is 5.55. The smallest absolute Gasteiger partial charge is 0.252 e. The molecule has 2 heterocycles. The summed E-state index contributed by atoms with van der Waals surface area (Å²) in [4.78, 5) is 21.6. The number of carbonyl (C=O) groups is 1. The summed E-state index contributed by atoms with van der Waals surface area (Å²) in [7, 11) is 5.87. The van der Waals surface area contributed by atoms with Gasteiger partial charge in [0.25, 0.3) is 5.91 Å². The zero-order chi connectivity index (χ0) is 20.6. The summed E-state index contributed by atoms with van der Waals surface area (Å²) in [5, 5.41) is 3.10. The van der Waals surface area contributed by atoms with Crippen LogP contribution in [0.3, 0.4) is 0 Å². The summed E-state index contributed by atoms with van der Waals surface area (Å²) in [6.45, 7) is 5.17. The van der Waals surface area contributed by atoms with E-state index in [0.29, 0.717) is 11.5 Å². The molecule has 1 fully saturated rings. The Morgan fingerprint density at radius 1 is 1.17 bits per heavy atom. The van der Waals surface area contributed by atoms with Crippen molar-refractivity contribution in [1.29, 1.82) is 0 Å². The molecule has 0 bridgehead atoms. The van der Waals surface area contributed by atoms with Gasteiger partial charge in [0.2, 0.25) is 0 Å². The second kappa shape index (κ2) is 10.4. The van der Waals surface area contributed by atoms with Crippen LogP contribution in [0.25, 0.3) is 11.1 Å². The first kappa shape index (κ1) is 21.3. The van der Waals surface area contributed by atoms with Crippen LogP contribution in [-0.2, 0) is 0 Å². The molecular weight excluding hydrogens is 364 g/mol. The van der Waals surface area contributed by atoms with Crippen LogP contribution >= 0.6 is 0 Å². The number of pyridine rings is 1. The molecule has 0 unspecified atom stereocenters. The van der Waals surface area contributed by atoms with E-state index in [2.05, 4.69) is 34.2 Å². The number of methoxy groups -OCH3 is 1. The molecule has 1 aromatic heterocycles. The highest BCUT2D eigenvalue weighted by molar-refractivity contribution is 5.95. The summed E-state index contributed by atoms with van der Waals surface area (Å²) in [5.41, 5.74) is 2.54. The van der Waals surface area contributed by atoms with Crippen molar-refractivity contribution >= 4 is 5.91 Å². The van der Waals surface area contributed by atoms with Crippen molar-refractivity contribution in [2.24, 2.45) is 5.92 Å². The van der Waals surface area contributed by atoms with Gasteiger partial charge in [0, 0.05) is 37.6 Å². The molecule has 0 saturated carbocycles. The minimum absolute atomic E-state index is 0.0529. The van der Waals surface area contributed by atoms with Crippen LogP contribution in [0.15, 0.2) is 42.7 Å². The third kappa shape index (κ3) is 6.27. The topological polar surface area (TPSA) is 57.7 Å². The maximum Gasteiger partial charge on any atom is 0.252 e. The quantitative estimate of drug-likeness (QED) is 0.744. The number of hydrogen-bond acceptors (Lipinski definition) is 5. The molecule has 1 aliphatic rings. The summed E-state index contributed by atoms with van der Waals surface area (Å²) in [5.74, 6) is 1.30. The highest BCUT2D eigenvalue weighted by atomic mass is 16.5. The monoisotopic (exact) mass is 396 g/mol. The third-order valence-electron chi connectivity index (χ3n) is 5.55. The summed E-state index contributed by atoms with van der Waals surface area (Å²) < 4.78 is 5.20. The van der Waals surface area contributed by atoms with Crippen LogP contribution in [0.2, 0.25) is 0 Å². The van der Waals surface area contributed by atoms with Crippen molar-refractivity contribution in [3.05, 3.63) is 48.3 Å². The van der Waals surface area contributed by atoms with E-state index in [4.69, 9.17) is 4.74 Å². The number of rotatable bonds is 8. The molecule has 1 N–H and O–H groups in total. The van der Waals surface area contributed by atoms with E-state index in [1.54, 1.807) is 19.5 Å². The zero-order valence-corrected chi connectivity index (χ0v) is 17.7. The molecule has 0 atom stereocenters. The molecule has 1 amide bonds. The Balaban J connectivity index is 1.50. The fourth-order valence-corrected chi connectivity index (χ4v) is 3.60. The van der Waals surface area contributed by atoms with Gasteiger partial charge in [-0.15, -0.1) is 0 Å². The zero-order valence-electron chi connectivity index (χ0n) is 17.7. The number of nitrogens with one attached hydrogen (secondary N) is 1. The Bertz CT molecular complexity index is 784. The van der Waals surface area contributed by atoms with Gasteiger partial charge in [-0.2, -0.15) is 0 Å². The molecule has 0 spiro atoms. The average Bonchev–Trinajstić information content (AvgIpc) is 2.77. The Morgan fingerprint density at radius 2 is 1.90 bits per heavy atom. The first-order valence-electron chi connectivity index (χ1n) is 10.3. The van der Waals surface area contributed by atoms with Gasteiger partial charge in [0.05, 0.1) is 12.7 Å². The van der Waals surface area contributed by atoms with Crippen LogP contribution < -0.4 is 10.1 Å². The number of benzene rings is 1. The largest absolute Gasteiger partial charge is 0.497 e. The van der Waals surface area contributed by atoms with Gasteiger partial charge < -0.3 is 19.9 Å². The van der Waals surface area contributed by atoms with Crippen LogP contribution in [0.5, 0.6) is 5.75 Å². The summed E-state index contributed by atoms with van der Waals surface area (Å²) in [6, 6.07) is 9.66. The van der Waals surface area contributed by atoms with E-state index in [-0.39, 0.29) is 5.91 Å². The number of ether oxygens (including phenoxy) is 1. The fourth-order valence-electron chi connectivity index (χ4n) is 3.60. The van der Waals surface area contributed by atoms with Gasteiger partial charge in [0.15, 0.2) is 0 Å². The molecule has 6 heteroatoms. The Kier molecular flexibility index (Phi) is 7.61. The maximum atomic E-state index is 12.6. The number of aromatic nitrogens is 1. The van der Waals surface area contributed by atoms with Crippen LogP contribution in [0, 0.1) is 5.92 Å². The lowest BCUT2D eigenvalue weighted by Crippen LogP contribution is -2.41. The highest BCUT2D eigenvalue weighted by Gasteiger charge is 2.20. The van der Waals surface area contributed by atoms with E-state index in [1.807, 2.05) is 30.3 Å². The molecule has 156 valence electrons. The van der Waals surface area contributed by atoms with E-state index in [9.17, 15) is 4.79 Å². The fraction of sp³-hybridized carbons (Fsp3) is 0.478. The molecule has 1 saturated heterocycles. The first-order valence-corrected chi connectivity index (χ1v) is 10.3. The lowest BCUT2D eigenvalue weighted by atomic mass is 9.96. The number of carbonyl (C=O) groups excluding carboxylic acids is 1. The van der Waals surface area contributed by atoms with Crippen molar-refractivity contribution in [3.63, 3.8) is 0 Å². The van der Waals surface area contributed by atoms with Crippen molar-refractivity contribution in [1.82, 2.24) is 20.1 Å². The molecule has 2 aromatic rings. The number of likely N-dealkylation sites (N-methyl/N-ethyl adjacent to an activating group) is 1. The number of likely N-dealkylation sites (tertiary alicyclic amines) is 1. The lowest BCUT2D eigenvalue weighted by Gasteiger charge is -2.32. The molecule has 1 aliphatic heterocycles. The molecular formula is C23H32N4O2. The van der Waals surface area contributed by atoms with Crippen molar-refractivity contribution in [3.8, 4) is 16.9 Å². The predicted octanol–water partition coefficient (Wildman–Crippen LogP) is 2.76. The standard InChI is InChI=1S/C23H32N4O2/c1-26(2)12-13-27-10-8-18(9-11-27)15-25-23(28)21-14-20(16-24-17-21)19-4-6-22(29-3)7-5-19/h4-7,14,16-18H,8-13,15H2,1-3H3,(H,25,28). The molecule has 0 aliphatic carbocycles. The van der Waals surface area contributed by atoms with Crippen LogP contribution in [0.4, 0.5) is 0 Å². The maximum absolute atomic E-state index is 12.6. The van der Waals surface area contributed by atoms with Crippen LogP contribution in [-0.4, -0.2) is 74.6 Å². The van der Waals surface area contributed by atoms with Crippen LogP contribution in [0.1, 0.15) is 23.2 Å². The van der Waals surface area contributed by atoms with E-state index >= 15 is 0 Å². The SMILES string of the molecule is COc1ccc(-c2cncc(C(=O)NCC3CCN(CCN(C)C)CC3)c2)cc1. The van der Waals surface area contributed by atoms with Gasteiger partial charge in [-0.25, -0.2) is 0 Å². The molecule has 1 aromatic carbocycles. The predicted molar refractivity (Wildman–Crippen MR) is 116 cm³/mol. The van der Waals surface area contributed by atoms with Gasteiger partial charge in [-0.1, -0.05) is 12.1 Å². The molecule has 6 nitrogen and oxygen atoms in total. The minimum atomic E-state index is -0.0529. The molecule has 0 radical (unpaired) electrons. The number of amides is 1. The summed E-state index contributed by atoms with van der Waals surface area (Å²) in [6.07, 6.45) is 5.68. The Morgan fingerprint density at radius 3 is 2.55 bits per heavy atom. The Hall–Kier alpha value is -2.44. The number of nitrogens with zero attached hydrogens (tertiary/aromatic N) is 3. The van der Waals surface area contributed by atoms with Gasteiger partial charge in [-0.05, 0) is 69.7 Å². The van der Waals surface area contributed by atoms with Crippen molar-refractivity contribution in [2.75, 3.05) is 53.9 Å². The average molecular weight is 397 g/mol. The lowest BCUT2D eigenvalue weighted by molar-refractivity contribution is 0.0934. The normalized spacial score (nSPS) is 15.4. The number of hydrogen-bond donors (Lipinski definition) is 1. The number of piperidine rings is 1. The van der Waals surface area contributed by atoms with E-state index in [1.165, 1.54) is 0 Å². The van der Waals surface area contributed by atoms with Gasteiger partial charge in [-0.3, -0.25) is 9.78 Å². The second-order valence-electron chi connectivity index (χ2n) is 7.99. The first-order chi connectivity index (χ1) is 14.0. The second-order valence-corrected chi connectivity index (χ2v) is 7.99. The molecule has 3 rings (SSSR count). The van der Waals surface area contributed by atoms with E-state index < -0.39 is 0 Å². The minimum Gasteiger partial charge on any atom is -0.497 e.